The van der Waals surface area contributed by atoms with Crippen molar-refractivity contribution in [3.8, 4) is 28.8 Å². The molecule has 0 saturated heterocycles. The Morgan fingerprint density at radius 1 is 0.951 bits per heavy atom. The smallest absolute Gasteiger partial charge is 0.282 e. The largest absolute Gasteiger partial charge is 0.491 e. The summed E-state index contributed by atoms with van der Waals surface area (Å²) in [5, 5.41) is 4.15. The minimum atomic E-state index is -0.611. The zero-order valence-electron chi connectivity index (χ0n) is 22.5. The van der Waals surface area contributed by atoms with Crippen LogP contribution in [0.1, 0.15) is 21.5 Å². The number of hydrogen-bond donors (Lipinski definition) is 0. The molecule has 0 amide bonds. The highest BCUT2D eigenvalue weighted by atomic mass is 19.1. The molecule has 5 aromatic rings. The van der Waals surface area contributed by atoms with Crippen LogP contribution in [0.2, 0.25) is 0 Å². The maximum absolute atomic E-state index is 13.4. The second kappa shape index (κ2) is 11.9. The van der Waals surface area contributed by atoms with Crippen LogP contribution in [0.5, 0.6) is 23.1 Å². The van der Waals surface area contributed by atoms with Crippen LogP contribution in [0, 0.1) is 5.82 Å². The van der Waals surface area contributed by atoms with E-state index in [-0.39, 0.29) is 18.6 Å². The molecule has 10 nitrogen and oxygen atoms in total. The second-order valence-electron chi connectivity index (χ2n) is 8.89. The Balaban J connectivity index is 1.39. The molecule has 0 fully saturated rings. The molecule has 11 heteroatoms. The van der Waals surface area contributed by atoms with Crippen LogP contribution >= 0.6 is 0 Å². The predicted molar refractivity (Wildman–Crippen MR) is 148 cm³/mol. The van der Waals surface area contributed by atoms with Gasteiger partial charge in [0, 0.05) is 37.4 Å². The van der Waals surface area contributed by atoms with Gasteiger partial charge in [0.05, 0.1) is 43.8 Å². The average Bonchev–Trinajstić information content (AvgIpc) is 2.98. The number of nitrogens with zero attached hydrogens (tertiary/aromatic N) is 4. The highest BCUT2D eigenvalue weighted by Crippen LogP contribution is 2.34. The number of ether oxygens (including phenoxy) is 4. The van der Waals surface area contributed by atoms with Crippen LogP contribution < -0.4 is 19.8 Å². The molecule has 41 heavy (non-hydrogen) atoms. The first-order valence-electron chi connectivity index (χ1n) is 12.5. The molecule has 0 bridgehead atoms. The van der Waals surface area contributed by atoms with Crippen molar-refractivity contribution >= 4 is 16.8 Å². The van der Waals surface area contributed by atoms with Crippen LogP contribution in [0.3, 0.4) is 0 Å². The van der Waals surface area contributed by atoms with Crippen LogP contribution in [0.4, 0.5) is 4.39 Å². The van der Waals surface area contributed by atoms with E-state index < -0.39 is 17.2 Å². The number of Topliss-reactive ketones (excluding diaryl/α,β-unsaturated/α-hetero) is 1. The maximum Gasteiger partial charge on any atom is 0.282 e. The molecule has 3 aromatic heterocycles. The molecule has 0 radical (unpaired) electrons. The van der Waals surface area contributed by atoms with Gasteiger partial charge in [-0.05, 0) is 42.0 Å². The zero-order chi connectivity index (χ0) is 28.9. The van der Waals surface area contributed by atoms with Crippen molar-refractivity contribution in [2.24, 2.45) is 0 Å². The summed E-state index contributed by atoms with van der Waals surface area (Å²) in [5.74, 6) is 0.865. The van der Waals surface area contributed by atoms with Crippen LogP contribution in [-0.2, 0) is 17.8 Å². The van der Waals surface area contributed by atoms with Gasteiger partial charge in [0.1, 0.15) is 17.1 Å². The van der Waals surface area contributed by atoms with Gasteiger partial charge in [-0.25, -0.2) is 9.37 Å². The number of benzene rings is 2. The van der Waals surface area contributed by atoms with E-state index in [1.165, 1.54) is 51.8 Å². The summed E-state index contributed by atoms with van der Waals surface area (Å²) >= 11 is 0. The fourth-order valence-electron chi connectivity index (χ4n) is 4.28. The molecule has 0 unspecified atom stereocenters. The van der Waals surface area contributed by atoms with Gasteiger partial charge in [-0.2, -0.15) is 9.78 Å². The molecule has 0 aliphatic heterocycles. The van der Waals surface area contributed by atoms with Gasteiger partial charge in [-0.1, -0.05) is 12.1 Å². The van der Waals surface area contributed by atoms with Gasteiger partial charge in [-0.15, -0.1) is 0 Å². The van der Waals surface area contributed by atoms with E-state index in [2.05, 4.69) is 15.1 Å². The van der Waals surface area contributed by atoms with Gasteiger partial charge in [0.2, 0.25) is 0 Å². The number of fused-ring (bicyclic) bond motifs is 1. The summed E-state index contributed by atoms with van der Waals surface area (Å²) in [6.45, 7) is 0.0327. The summed E-state index contributed by atoms with van der Waals surface area (Å²) in [5.41, 5.74) is 1.78. The van der Waals surface area contributed by atoms with Crippen molar-refractivity contribution in [3.05, 3.63) is 106 Å². The SMILES string of the molecule is COCc1cnn(-c2ccc(F)cc2)c(=O)c1C(=O)Cc1ccc(Oc2ccnc3cc(OC)c(OC)nc23)cc1. The summed E-state index contributed by atoms with van der Waals surface area (Å²) in [6, 6.07) is 15.6. The normalized spacial score (nSPS) is 10.9. The van der Waals surface area contributed by atoms with Crippen molar-refractivity contribution in [3.63, 3.8) is 0 Å². The standard InChI is InChI=1S/C30H25FN4O6/c1-38-17-19-16-33-35(21-8-6-20(31)7-9-21)30(37)27(19)24(36)14-18-4-10-22(11-5-18)41-25-12-13-32-23-15-26(39-2)29(40-3)34-28(23)25/h4-13,15-16H,14,17H2,1-3H3. The summed E-state index contributed by atoms with van der Waals surface area (Å²) < 4.78 is 36.3. The number of aromatic nitrogens is 4. The number of rotatable bonds is 10. The minimum Gasteiger partial charge on any atom is -0.491 e. The quantitative estimate of drug-likeness (QED) is 0.226. The molecular formula is C30H25FN4O6. The highest BCUT2D eigenvalue weighted by molar-refractivity contribution is 5.98. The van der Waals surface area contributed by atoms with E-state index in [4.69, 9.17) is 18.9 Å². The molecule has 0 N–H and O–H groups in total. The molecule has 0 aliphatic carbocycles. The van der Waals surface area contributed by atoms with Gasteiger partial charge < -0.3 is 18.9 Å². The van der Waals surface area contributed by atoms with Crippen LogP contribution in [-0.4, -0.2) is 46.9 Å². The third kappa shape index (κ3) is 5.75. The Morgan fingerprint density at radius 2 is 1.71 bits per heavy atom. The predicted octanol–water partition coefficient (Wildman–Crippen LogP) is 4.70. The lowest BCUT2D eigenvalue weighted by Crippen LogP contribution is -2.30. The topological polar surface area (TPSA) is 115 Å². The molecule has 0 aliphatic rings. The average molecular weight is 557 g/mol. The molecule has 0 atom stereocenters. The Kier molecular flexibility index (Phi) is 7.97. The van der Waals surface area contributed by atoms with E-state index >= 15 is 0 Å². The molecular weight excluding hydrogens is 531 g/mol. The van der Waals surface area contributed by atoms with Crippen molar-refractivity contribution in [1.82, 2.24) is 19.7 Å². The Hall–Kier alpha value is -5.16. The Labute approximate surface area is 233 Å². The van der Waals surface area contributed by atoms with Gasteiger partial charge >= 0.3 is 0 Å². The third-order valence-corrected chi connectivity index (χ3v) is 6.24. The maximum atomic E-state index is 13.4. The molecule has 0 spiro atoms. The van der Waals surface area contributed by atoms with Crippen LogP contribution in [0.25, 0.3) is 16.7 Å². The van der Waals surface area contributed by atoms with E-state index in [0.29, 0.717) is 51.0 Å². The second-order valence-corrected chi connectivity index (χ2v) is 8.89. The number of pyridine rings is 2. The van der Waals surface area contributed by atoms with E-state index in [9.17, 15) is 14.0 Å². The number of hydrogen-bond acceptors (Lipinski definition) is 9. The van der Waals surface area contributed by atoms with Crippen molar-refractivity contribution < 1.29 is 28.1 Å². The lowest BCUT2D eigenvalue weighted by atomic mass is 10.0. The van der Waals surface area contributed by atoms with Crippen molar-refractivity contribution in [2.45, 2.75) is 13.0 Å². The first kappa shape index (κ1) is 27.4. The number of methoxy groups -OCH3 is 3. The summed E-state index contributed by atoms with van der Waals surface area (Å²) in [7, 11) is 4.48. The van der Waals surface area contributed by atoms with Gasteiger partial charge in [0.15, 0.2) is 17.3 Å². The Morgan fingerprint density at radius 3 is 2.39 bits per heavy atom. The molecule has 3 heterocycles. The number of ketones is 1. The van der Waals surface area contributed by atoms with E-state index in [1.807, 2.05) is 0 Å². The lowest BCUT2D eigenvalue weighted by Gasteiger charge is -2.12. The minimum absolute atomic E-state index is 0.0327. The monoisotopic (exact) mass is 556 g/mol. The lowest BCUT2D eigenvalue weighted by molar-refractivity contribution is 0.0985. The molecule has 5 rings (SSSR count). The fourth-order valence-corrected chi connectivity index (χ4v) is 4.28. The summed E-state index contributed by atoms with van der Waals surface area (Å²) in [6.07, 6.45) is 2.97. The van der Waals surface area contributed by atoms with E-state index in [0.717, 1.165) is 4.68 Å². The van der Waals surface area contributed by atoms with Gasteiger partial charge in [0.25, 0.3) is 11.4 Å². The molecule has 2 aromatic carbocycles. The van der Waals surface area contributed by atoms with Crippen LogP contribution in [0.15, 0.2) is 77.9 Å². The number of carbonyl (C=O) groups is 1. The van der Waals surface area contributed by atoms with Gasteiger partial charge in [-0.3, -0.25) is 14.6 Å². The number of halogens is 1. The Bertz CT molecular complexity index is 1770. The van der Waals surface area contributed by atoms with E-state index in [1.54, 1.807) is 42.6 Å². The third-order valence-electron chi connectivity index (χ3n) is 6.24. The van der Waals surface area contributed by atoms with Crippen molar-refractivity contribution in [1.29, 1.82) is 0 Å². The first-order valence-corrected chi connectivity index (χ1v) is 12.5. The highest BCUT2D eigenvalue weighted by Gasteiger charge is 2.20. The first-order chi connectivity index (χ1) is 19.9. The fraction of sp³-hybridized carbons (Fsp3) is 0.167. The number of carbonyl (C=O) groups excluding carboxylic acids is 1. The molecule has 0 saturated carbocycles. The summed E-state index contributed by atoms with van der Waals surface area (Å²) in [4.78, 5) is 35.5. The zero-order valence-corrected chi connectivity index (χ0v) is 22.5. The van der Waals surface area contributed by atoms with Crippen molar-refractivity contribution in [2.75, 3.05) is 21.3 Å². The molecule has 208 valence electrons.